The van der Waals surface area contributed by atoms with Crippen LogP contribution in [0.4, 0.5) is 17.2 Å². The summed E-state index contributed by atoms with van der Waals surface area (Å²) in [5.41, 5.74) is 13.9. The van der Waals surface area contributed by atoms with Crippen molar-refractivity contribution in [2.24, 2.45) is 10.2 Å². The molecule has 0 atom stereocenters. The number of nitrogen functional groups attached to an aromatic ring is 1. The van der Waals surface area contributed by atoms with E-state index in [-0.39, 0.29) is 0 Å². The van der Waals surface area contributed by atoms with Gasteiger partial charge in [0.15, 0.2) is 17.2 Å². The summed E-state index contributed by atoms with van der Waals surface area (Å²) in [5.74, 6) is 0.329. The van der Waals surface area contributed by atoms with E-state index in [1.54, 1.807) is 0 Å². The quantitative estimate of drug-likeness (QED) is 0.525. The fraction of sp³-hybridized carbons (Fsp3) is 0.143. The molecule has 2 N–H and O–H groups in total. The summed E-state index contributed by atoms with van der Waals surface area (Å²) in [4.78, 5) is 4.58. The van der Waals surface area contributed by atoms with Crippen molar-refractivity contribution in [1.29, 1.82) is 0 Å². The lowest BCUT2D eigenvalue weighted by Gasteiger charge is -2.19. The molecule has 2 aromatic carbocycles. The van der Waals surface area contributed by atoms with Gasteiger partial charge in [-0.15, -0.1) is 10.2 Å². The zero-order valence-electron chi connectivity index (χ0n) is 14.9. The van der Waals surface area contributed by atoms with E-state index in [1.165, 1.54) is 22.3 Å². The Morgan fingerprint density at radius 2 is 1.74 bits per heavy atom. The summed E-state index contributed by atoms with van der Waals surface area (Å²) in [6.07, 6.45) is 3.86. The molecule has 4 aromatic rings. The number of nitrogens with zero attached hydrogens (tertiary/aromatic N) is 5. The first-order valence-electron chi connectivity index (χ1n) is 8.93. The minimum Gasteiger partial charge on any atom is -0.380 e. The van der Waals surface area contributed by atoms with Crippen LogP contribution in [0.5, 0.6) is 0 Å². The third-order valence-electron chi connectivity index (χ3n) is 4.96. The van der Waals surface area contributed by atoms with Gasteiger partial charge in [-0.2, -0.15) is 5.11 Å². The topological polar surface area (TPSA) is 80.9 Å². The standard InChI is InChI=1S/C21H18N6/c1-13-6-10-16(11-7-13)24-25-18-20(22)26-27-19-15(12-23-21(18)27)9-8-14-4-2-3-5-17(14)19/h2-7,10-12H,8-9H2,1H3,(H2,22,26). The Labute approximate surface area is 156 Å². The third kappa shape index (κ3) is 2.57. The molecule has 5 rings (SSSR count). The molecular weight excluding hydrogens is 336 g/mol. The average molecular weight is 354 g/mol. The van der Waals surface area contributed by atoms with E-state index in [1.807, 2.05) is 48.0 Å². The first-order chi connectivity index (χ1) is 13.2. The molecule has 0 saturated carbocycles. The summed E-state index contributed by atoms with van der Waals surface area (Å²) >= 11 is 0. The van der Waals surface area contributed by atoms with Crippen LogP contribution in [0.25, 0.3) is 16.9 Å². The van der Waals surface area contributed by atoms with E-state index in [9.17, 15) is 0 Å². The second kappa shape index (κ2) is 6.02. The summed E-state index contributed by atoms with van der Waals surface area (Å²) in [6, 6.07) is 16.2. The van der Waals surface area contributed by atoms with E-state index in [2.05, 4.69) is 38.5 Å². The lowest BCUT2D eigenvalue weighted by molar-refractivity contribution is 0.865. The summed E-state index contributed by atoms with van der Waals surface area (Å²) in [7, 11) is 0. The van der Waals surface area contributed by atoms with Crippen LogP contribution in [0.2, 0.25) is 0 Å². The Morgan fingerprint density at radius 1 is 0.963 bits per heavy atom. The number of aryl methyl sites for hydroxylation is 3. The molecular formula is C21H18N6. The number of benzene rings is 2. The molecule has 1 aliphatic carbocycles. The highest BCUT2D eigenvalue weighted by atomic mass is 15.3. The van der Waals surface area contributed by atoms with Crippen molar-refractivity contribution in [2.45, 2.75) is 19.8 Å². The number of hydrogen-bond acceptors (Lipinski definition) is 5. The van der Waals surface area contributed by atoms with Gasteiger partial charge in [-0.3, -0.25) is 0 Å². The third-order valence-corrected chi connectivity index (χ3v) is 4.96. The van der Waals surface area contributed by atoms with Crippen LogP contribution in [-0.2, 0) is 12.8 Å². The van der Waals surface area contributed by atoms with Crippen LogP contribution in [0, 0.1) is 6.92 Å². The first-order valence-corrected chi connectivity index (χ1v) is 8.93. The molecule has 0 amide bonds. The normalized spacial score (nSPS) is 13.1. The maximum absolute atomic E-state index is 6.17. The fourth-order valence-corrected chi connectivity index (χ4v) is 3.55. The van der Waals surface area contributed by atoms with Gasteiger partial charge in [0.05, 0.1) is 11.4 Å². The Hall–Kier alpha value is -3.54. The van der Waals surface area contributed by atoms with Crippen molar-refractivity contribution in [1.82, 2.24) is 14.6 Å². The lowest BCUT2D eigenvalue weighted by Crippen LogP contribution is -2.09. The first kappa shape index (κ1) is 15.7. The molecule has 0 unspecified atom stereocenters. The molecule has 1 aliphatic rings. The van der Waals surface area contributed by atoms with Crippen molar-refractivity contribution < 1.29 is 0 Å². The van der Waals surface area contributed by atoms with Gasteiger partial charge in [0, 0.05) is 11.8 Å². The molecule has 0 saturated heterocycles. The maximum Gasteiger partial charge on any atom is 0.185 e. The van der Waals surface area contributed by atoms with Crippen molar-refractivity contribution in [3.05, 3.63) is 71.4 Å². The average Bonchev–Trinajstić information content (AvgIpc) is 3.02. The second-order valence-electron chi connectivity index (χ2n) is 6.79. The van der Waals surface area contributed by atoms with E-state index in [0.717, 1.165) is 24.2 Å². The van der Waals surface area contributed by atoms with Crippen molar-refractivity contribution >= 4 is 22.8 Å². The van der Waals surface area contributed by atoms with Crippen LogP contribution in [-0.4, -0.2) is 14.6 Å². The molecule has 6 nitrogen and oxygen atoms in total. The van der Waals surface area contributed by atoms with E-state index in [4.69, 9.17) is 5.73 Å². The maximum atomic E-state index is 6.17. The van der Waals surface area contributed by atoms with Crippen LogP contribution >= 0.6 is 0 Å². The molecule has 0 fully saturated rings. The molecule has 6 heteroatoms. The predicted octanol–water partition coefficient (Wildman–Crippen LogP) is 4.80. The van der Waals surface area contributed by atoms with Gasteiger partial charge in [0.1, 0.15) is 0 Å². The van der Waals surface area contributed by atoms with Crippen LogP contribution in [0.15, 0.2) is 65.0 Å². The molecule has 0 radical (unpaired) electrons. The van der Waals surface area contributed by atoms with Gasteiger partial charge in [0.25, 0.3) is 0 Å². The van der Waals surface area contributed by atoms with Gasteiger partial charge in [-0.25, -0.2) is 9.50 Å². The fourth-order valence-electron chi connectivity index (χ4n) is 3.55. The highest BCUT2D eigenvalue weighted by molar-refractivity contribution is 5.80. The number of aromatic nitrogens is 3. The summed E-state index contributed by atoms with van der Waals surface area (Å²) < 4.78 is 1.81. The van der Waals surface area contributed by atoms with Crippen molar-refractivity contribution in [2.75, 3.05) is 5.73 Å². The largest absolute Gasteiger partial charge is 0.380 e. The van der Waals surface area contributed by atoms with E-state index < -0.39 is 0 Å². The highest BCUT2D eigenvalue weighted by Crippen LogP contribution is 2.37. The lowest BCUT2D eigenvalue weighted by atomic mass is 9.90. The van der Waals surface area contributed by atoms with Crippen molar-refractivity contribution in [3.8, 4) is 11.3 Å². The van der Waals surface area contributed by atoms with E-state index in [0.29, 0.717) is 17.2 Å². The number of anilines is 1. The number of nitrogens with two attached hydrogens (primary N) is 1. The Bertz CT molecular complexity index is 1190. The minimum absolute atomic E-state index is 0.329. The number of azo groups is 1. The number of hydrogen-bond donors (Lipinski definition) is 1. The zero-order valence-corrected chi connectivity index (χ0v) is 14.9. The smallest absolute Gasteiger partial charge is 0.185 e. The Balaban J connectivity index is 1.66. The molecule has 27 heavy (non-hydrogen) atoms. The van der Waals surface area contributed by atoms with Gasteiger partial charge < -0.3 is 5.73 Å². The zero-order chi connectivity index (χ0) is 18.4. The summed E-state index contributed by atoms with van der Waals surface area (Å²) in [6.45, 7) is 2.04. The van der Waals surface area contributed by atoms with Gasteiger partial charge in [-0.1, -0.05) is 42.0 Å². The minimum atomic E-state index is 0.329. The predicted molar refractivity (Wildman–Crippen MR) is 106 cm³/mol. The molecule has 2 aromatic heterocycles. The van der Waals surface area contributed by atoms with Crippen LogP contribution in [0.1, 0.15) is 16.7 Å². The molecule has 0 spiro atoms. The van der Waals surface area contributed by atoms with Gasteiger partial charge in [0.2, 0.25) is 0 Å². The number of fused-ring (bicyclic) bond motifs is 5. The molecule has 2 heterocycles. The monoisotopic (exact) mass is 354 g/mol. The van der Waals surface area contributed by atoms with Gasteiger partial charge in [-0.05, 0) is 43.0 Å². The molecule has 132 valence electrons. The van der Waals surface area contributed by atoms with Crippen LogP contribution in [0.3, 0.4) is 0 Å². The Kier molecular flexibility index (Phi) is 3.50. The molecule has 0 aliphatic heterocycles. The van der Waals surface area contributed by atoms with Crippen molar-refractivity contribution in [3.63, 3.8) is 0 Å². The summed E-state index contributed by atoms with van der Waals surface area (Å²) in [5, 5.41) is 13.2. The van der Waals surface area contributed by atoms with E-state index >= 15 is 0 Å². The van der Waals surface area contributed by atoms with Gasteiger partial charge >= 0.3 is 0 Å². The van der Waals surface area contributed by atoms with Crippen LogP contribution < -0.4 is 5.73 Å². The Morgan fingerprint density at radius 3 is 2.59 bits per heavy atom. The SMILES string of the molecule is Cc1ccc(N=Nc2c(N)nn3c4c(cnc23)CCc2ccccc2-4)cc1. The molecule has 0 bridgehead atoms. The highest BCUT2D eigenvalue weighted by Gasteiger charge is 2.22. The number of rotatable bonds is 2. The second-order valence-corrected chi connectivity index (χ2v) is 6.79.